The molecule has 0 spiro atoms. The monoisotopic (exact) mass is 355 g/mol. The molecule has 1 fully saturated rings. The molecule has 4 aromatic heterocycles. The maximum absolute atomic E-state index is 5.96. The van der Waals surface area contributed by atoms with Crippen LogP contribution in [0, 0.1) is 0 Å². The second kappa shape index (κ2) is 5.44. The molecule has 27 heavy (non-hydrogen) atoms. The first-order valence-corrected chi connectivity index (χ1v) is 8.80. The van der Waals surface area contributed by atoms with Gasteiger partial charge in [-0.05, 0) is 37.1 Å². The van der Waals surface area contributed by atoms with E-state index in [-0.39, 0.29) is 0 Å². The molecule has 7 heteroatoms. The smallest absolute Gasteiger partial charge is 0.257 e. The first kappa shape index (κ1) is 14.5. The lowest BCUT2D eigenvalue weighted by atomic mass is 10.1. The van der Waals surface area contributed by atoms with E-state index < -0.39 is 0 Å². The fraction of sp³-hybridized carbons (Fsp3) is 0.150. The molecule has 0 atom stereocenters. The summed E-state index contributed by atoms with van der Waals surface area (Å²) >= 11 is 0. The molecule has 0 unspecified atom stereocenters. The topological polar surface area (TPSA) is 90.7 Å². The van der Waals surface area contributed by atoms with Gasteiger partial charge in [-0.25, -0.2) is 4.98 Å². The standard InChI is InChI=1S/C20H13N5O2/c1-3-14(13-4-2-8-21-16(13)5-1)20-24-23-18(26-20)12-9-15-17(11-6-7-11)25-27-19(15)22-10-12/h1-5,8-11H,6-7H2. The van der Waals surface area contributed by atoms with Crippen molar-refractivity contribution in [2.45, 2.75) is 18.8 Å². The van der Waals surface area contributed by atoms with Gasteiger partial charge in [0.25, 0.3) is 5.71 Å². The zero-order valence-electron chi connectivity index (χ0n) is 14.2. The van der Waals surface area contributed by atoms with E-state index in [2.05, 4.69) is 25.3 Å². The Morgan fingerprint density at radius 1 is 0.926 bits per heavy atom. The Kier molecular flexibility index (Phi) is 2.93. The van der Waals surface area contributed by atoms with Crippen LogP contribution in [0.2, 0.25) is 0 Å². The van der Waals surface area contributed by atoms with Crippen LogP contribution in [0.3, 0.4) is 0 Å². The van der Waals surface area contributed by atoms with Crippen molar-refractivity contribution in [3.8, 4) is 22.9 Å². The third-order valence-corrected chi connectivity index (χ3v) is 4.87. The van der Waals surface area contributed by atoms with Gasteiger partial charge in [-0.3, -0.25) is 4.98 Å². The summed E-state index contributed by atoms with van der Waals surface area (Å²) in [6.45, 7) is 0. The molecule has 1 aliphatic rings. The number of rotatable bonds is 3. The second-order valence-electron chi connectivity index (χ2n) is 6.71. The van der Waals surface area contributed by atoms with Crippen molar-refractivity contribution >= 4 is 22.0 Å². The number of benzene rings is 1. The van der Waals surface area contributed by atoms with Crippen LogP contribution in [0.15, 0.2) is 57.7 Å². The summed E-state index contributed by atoms with van der Waals surface area (Å²) < 4.78 is 11.3. The van der Waals surface area contributed by atoms with Crippen molar-refractivity contribution in [1.82, 2.24) is 25.3 Å². The Labute approximate surface area is 153 Å². The molecule has 0 radical (unpaired) electrons. The van der Waals surface area contributed by atoms with Crippen LogP contribution in [-0.4, -0.2) is 25.3 Å². The number of pyridine rings is 2. The number of aromatic nitrogens is 5. The SMILES string of the molecule is c1cc(-c2nnc(-c3cnc4onc(C5CC5)c4c3)o2)c2cccnc2c1. The molecular formula is C20H13N5O2. The number of hydrogen-bond acceptors (Lipinski definition) is 7. The maximum Gasteiger partial charge on any atom is 0.257 e. The van der Waals surface area contributed by atoms with E-state index in [1.807, 2.05) is 36.4 Å². The van der Waals surface area contributed by atoms with Crippen LogP contribution in [0.25, 0.3) is 44.9 Å². The summed E-state index contributed by atoms with van der Waals surface area (Å²) in [4.78, 5) is 8.73. The predicted octanol–water partition coefficient (Wildman–Crippen LogP) is 4.37. The van der Waals surface area contributed by atoms with Crippen molar-refractivity contribution in [1.29, 1.82) is 0 Å². The highest BCUT2D eigenvalue weighted by Gasteiger charge is 2.29. The van der Waals surface area contributed by atoms with Gasteiger partial charge >= 0.3 is 0 Å². The summed E-state index contributed by atoms with van der Waals surface area (Å²) in [5.74, 6) is 1.35. The van der Waals surface area contributed by atoms with E-state index in [9.17, 15) is 0 Å². The highest BCUT2D eigenvalue weighted by Crippen LogP contribution is 2.42. The highest BCUT2D eigenvalue weighted by molar-refractivity contribution is 5.92. The minimum Gasteiger partial charge on any atom is -0.416 e. The first-order chi connectivity index (χ1) is 13.4. The molecule has 0 bridgehead atoms. The fourth-order valence-electron chi connectivity index (χ4n) is 3.36. The van der Waals surface area contributed by atoms with Crippen LogP contribution in [0.5, 0.6) is 0 Å². The zero-order chi connectivity index (χ0) is 17.8. The van der Waals surface area contributed by atoms with Crippen LogP contribution >= 0.6 is 0 Å². The molecule has 5 aromatic rings. The van der Waals surface area contributed by atoms with Gasteiger partial charge < -0.3 is 8.94 Å². The van der Waals surface area contributed by atoms with Crippen molar-refractivity contribution in [2.24, 2.45) is 0 Å². The quantitative estimate of drug-likeness (QED) is 0.475. The second-order valence-corrected chi connectivity index (χ2v) is 6.71. The molecule has 1 aliphatic carbocycles. The Hall–Kier alpha value is -3.61. The number of fused-ring (bicyclic) bond motifs is 2. The summed E-state index contributed by atoms with van der Waals surface area (Å²) in [5.41, 5.74) is 4.01. The molecular weight excluding hydrogens is 342 g/mol. The summed E-state index contributed by atoms with van der Waals surface area (Å²) in [5, 5.41) is 14.5. The van der Waals surface area contributed by atoms with E-state index >= 15 is 0 Å². The van der Waals surface area contributed by atoms with E-state index in [1.165, 1.54) is 0 Å². The third-order valence-electron chi connectivity index (χ3n) is 4.87. The van der Waals surface area contributed by atoms with Gasteiger partial charge in [0, 0.05) is 29.3 Å². The predicted molar refractivity (Wildman–Crippen MR) is 97.8 cm³/mol. The Bertz CT molecular complexity index is 1300. The van der Waals surface area contributed by atoms with Gasteiger partial charge in [-0.1, -0.05) is 17.3 Å². The van der Waals surface area contributed by atoms with Crippen molar-refractivity contribution < 1.29 is 8.94 Å². The van der Waals surface area contributed by atoms with E-state index in [0.717, 1.165) is 46.0 Å². The molecule has 1 aromatic carbocycles. The Morgan fingerprint density at radius 3 is 2.78 bits per heavy atom. The molecule has 0 aliphatic heterocycles. The average molecular weight is 355 g/mol. The minimum absolute atomic E-state index is 0.420. The third kappa shape index (κ3) is 2.32. The van der Waals surface area contributed by atoms with Crippen LogP contribution in [-0.2, 0) is 0 Å². The molecule has 130 valence electrons. The summed E-state index contributed by atoms with van der Waals surface area (Å²) in [7, 11) is 0. The van der Waals surface area contributed by atoms with E-state index in [4.69, 9.17) is 8.94 Å². The fourth-order valence-corrected chi connectivity index (χ4v) is 3.36. The van der Waals surface area contributed by atoms with Crippen molar-refractivity contribution in [3.63, 3.8) is 0 Å². The largest absolute Gasteiger partial charge is 0.416 e. The molecule has 1 saturated carbocycles. The first-order valence-electron chi connectivity index (χ1n) is 8.80. The minimum atomic E-state index is 0.420. The Morgan fingerprint density at radius 2 is 1.85 bits per heavy atom. The maximum atomic E-state index is 5.96. The lowest BCUT2D eigenvalue weighted by molar-refractivity contribution is 0.439. The van der Waals surface area contributed by atoms with Gasteiger partial charge in [0.05, 0.1) is 22.2 Å². The number of hydrogen-bond donors (Lipinski definition) is 0. The number of nitrogens with zero attached hydrogens (tertiary/aromatic N) is 5. The summed E-state index contributed by atoms with van der Waals surface area (Å²) in [6, 6.07) is 11.7. The van der Waals surface area contributed by atoms with E-state index in [0.29, 0.717) is 23.4 Å². The van der Waals surface area contributed by atoms with Gasteiger partial charge in [0.1, 0.15) is 0 Å². The molecule has 0 saturated heterocycles. The van der Waals surface area contributed by atoms with Gasteiger partial charge in [0.2, 0.25) is 11.8 Å². The van der Waals surface area contributed by atoms with Crippen molar-refractivity contribution in [3.05, 3.63) is 54.5 Å². The molecule has 6 rings (SSSR count). The normalized spacial score (nSPS) is 14.2. The lowest BCUT2D eigenvalue weighted by Crippen LogP contribution is -1.83. The zero-order valence-corrected chi connectivity index (χ0v) is 14.2. The average Bonchev–Trinajstić information content (AvgIpc) is 3.28. The molecule has 0 N–H and O–H groups in total. The van der Waals surface area contributed by atoms with Gasteiger partial charge in [-0.2, -0.15) is 0 Å². The lowest BCUT2D eigenvalue weighted by Gasteiger charge is -2.01. The van der Waals surface area contributed by atoms with Crippen LogP contribution < -0.4 is 0 Å². The van der Waals surface area contributed by atoms with Gasteiger partial charge in [0.15, 0.2) is 0 Å². The van der Waals surface area contributed by atoms with E-state index in [1.54, 1.807) is 12.4 Å². The van der Waals surface area contributed by atoms with Crippen molar-refractivity contribution in [2.75, 3.05) is 0 Å². The molecule has 0 amide bonds. The molecule has 4 heterocycles. The Balaban J connectivity index is 1.46. The van der Waals surface area contributed by atoms with Gasteiger partial charge in [-0.15, -0.1) is 10.2 Å². The van der Waals surface area contributed by atoms with Crippen LogP contribution in [0.1, 0.15) is 24.5 Å². The highest BCUT2D eigenvalue weighted by atomic mass is 16.5. The molecule has 7 nitrogen and oxygen atoms in total. The summed E-state index contributed by atoms with van der Waals surface area (Å²) in [6.07, 6.45) is 5.73. The van der Waals surface area contributed by atoms with Crippen LogP contribution in [0.4, 0.5) is 0 Å².